The van der Waals surface area contributed by atoms with Crippen LogP contribution in [0.15, 0.2) is 0 Å². The van der Waals surface area contributed by atoms with Crippen molar-refractivity contribution in [1.29, 1.82) is 0 Å². The van der Waals surface area contributed by atoms with Crippen LogP contribution < -0.4 is 0 Å². The van der Waals surface area contributed by atoms with Crippen LogP contribution in [0, 0.1) is 0 Å². The molecule has 0 aliphatic carbocycles. The molecule has 0 amide bonds. The molecule has 7 nitrogen and oxygen atoms in total. The fourth-order valence-electron chi connectivity index (χ4n) is 5.57. The molecule has 0 heterocycles. The van der Waals surface area contributed by atoms with Crippen LogP contribution in [0.25, 0.3) is 0 Å². The Morgan fingerprint density at radius 1 is 0.477 bits per heavy atom. The van der Waals surface area contributed by atoms with E-state index in [-0.39, 0.29) is 26.1 Å². The molecule has 0 aromatic rings. The van der Waals surface area contributed by atoms with Crippen molar-refractivity contribution in [2.75, 3.05) is 19.8 Å². The van der Waals surface area contributed by atoms with E-state index < -0.39 is 29.9 Å². The Labute approximate surface area is 271 Å². The summed E-state index contributed by atoms with van der Waals surface area (Å²) < 4.78 is 0. The predicted octanol–water partition coefficient (Wildman–Crippen LogP) is 8.14. The monoisotopic (exact) mass is 631 g/mol. The highest BCUT2D eigenvalue weighted by Gasteiger charge is 2.45. The highest BCUT2D eigenvalue weighted by Crippen LogP contribution is 2.21. The maximum absolute atomic E-state index is 12.6. The van der Waals surface area contributed by atoms with E-state index in [1.165, 1.54) is 116 Å². The van der Waals surface area contributed by atoms with Crippen LogP contribution in [-0.4, -0.2) is 68.6 Å². The van der Waals surface area contributed by atoms with Gasteiger partial charge < -0.3 is 25.5 Å². The summed E-state index contributed by atoms with van der Waals surface area (Å²) in [6.07, 6.45) is 29.5. The average Bonchev–Trinajstić information content (AvgIpc) is 3.04. The molecule has 0 radical (unpaired) electrons. The van der Waals surface area contributed by atoms with Crippen LogP contribution in [-0.2, 0) is 9.59 Å². The molecule has 0 aromatic heterocycles. The van der Waals surface area contributed by atoms with Gasteiger partial charge in [0.15, 0.2) is 23.3 Å². The molecule has 0 saturated carbocycles. The maximum Gasteiger partial charge on any atom is 0.178 e. The van der Waals surface area contributed by atoms with E-state index in [0.29, 0.717) is 12.8 Å². The molecular formula is C37H74O7. The summed E-state index contributed by atoms with van der Waals surface area (Å²) in [7, 11) is 0. The van der Waals surface area contributed by atoms with Gasteiger partial charge in [-0.15, -0.1) is 0 Å². The topological polar surface area (TPSA) is 135 Å². The van der Waals surface area contributed by atoms with Gasteiger partial charge in [0.2, 0.25) is 0 Å². The lowest BCUT2D eigenvalue weighted by Crippen LogP contribution is -2.55. The fourth-order valence-corrected chi connectivity index (χ4v) is 5.57. The third-order valence-corrected chi connectivity index (χ3v) is 8.62. The van der Waals surface area contributed by atoms with Gasteiger partial charge in [-0.1, -0.05) is 168 Å². The van der Waals surface area contributed by atoms with Crippen LogP contribution in [0.2, 0.25) is 0 Å². The first-order valence-electron chi connectivity index (χ1n) is 18.6. The number of ketones is 2. The van der Waals surface area contributed by atoms with E-state index in [0.717, 1.165) is 38.5 Å². The Hall–Kier alpha value is -0.860. The van der Waals surface area contributed by atoms with E-state index in [2.05, 4.69) is 13.8 Å². The molecule has 0 saturated heterocycles. The summed E-state index contributed by atoms with van der Waals surface area (Å²) in [4.78, 5) is 25.1. The van der Waals surface area contributed by atoms with Crippen molar-refractivity contribution in [2.24, 2.45) is 0 Å². The van der Waals surface area contributed by atoms with Crippen molar-refractivity contribution in [2.45, 2.75) is 205 Å². The Kier molecular flexibility index (Phi) is 36.0. The molecule has 2 unspecified atom stereocenters. The number of hydrogen-bond acceptors (Lipinski definition) is 7. The molecule has 0 fully saturated rings. The number of unbranched alkanes of at least 4 members (excludes halogenated alkanes) is 24. The number of rotatable bonds is 33. The lowest BCUT2D eigenvalue weighted by Gasteiger charge is -2.29. The Bertz CT molecular complexity index is 611. The van der Waals surface area contributed by atoms with Gasteiger partial charge in [0.25, 0.3) is 0 Å². The van der Waals surface area contributed by atoms with E-state index >= 15 is 0 Å². The summed E-state index contributed by atoms with van der Waals surface area (Å²) in [5.74, 6) is -1.16. The fraction of sp³-hybridized carbons (Fsp3) is 0.946. The van der Waals surface area contributed by atoms with Crippen molar-refractivity contribution in [3.05, 3.63) is 0 Å². The van der Waals surface area contributed by atoms with Crippen LogP contribution in [0.1, 0.15) is 194 Å². The molecule has 0 bridgehead atoms. The number of aliphatic hydroxyl groups excluding tert-OH is 4. The maximum atomic E-state index is 12.6. The zero-order chi connectivity index (χ0) is 33.2. The van der Waals surface area contributed by atoms with E-state index in [1.54, 1.807) is 0 Å². The zero-order valence-corrected chi connectivity index (χ0v) is 29.1. The molecule has 2 atom stereocenters. The Balaban J connectivity index is 0. The van der Waals surface area contributed by atoms with E-state index in [9.17, 15) is 24.9 Å². The minimum Gasteiger partial charge on any atom is -0.394 e. The summed E-state index contributed by atoms with van der Waals surface area (Å²) >= 11 is 0. The van der Waals surface area contributed by atoms with Gasteiger partial charge in [-0.3, -0.25) is 9.59 Å². The molecule has 0 rings (SSSR count). The normalized spacial score (nSPS) is 13.2. The van der Waals surface area contributed by atoms with E-state index in [1.807, 2.05) is 0 Å². The van der Waals surface area contributed by atoms with Crippen LogP contribution in [0.5, 0.6) is 0 Å². The standard InChI is InChI=1S/C35H68O5.C2H6O2/c1-3-5-7-9-11-13-15-17-19-21-23-25-27-29-32(37)34(39)35(40,31-36)33(38)30-28-26-24-22-20-18-16-14-12-10-8-6-4-2;3-1-2-4/h34,36,39-40H,3-31H2,1-2H3;3-4H,1-2H2. The molecule has 0 aliphatic heterocycles. The van der Waals surface area contributed by atoms with Crippen LogP contribution >= 0.6 is 0 Å². The third-order valence-electron chi connectivity index (χ3n) is 8.62. The summed E-state index contributed by atoms with van der Waals surface area (Å²) in [5, 5.41) is 46.0. The van der Waals surface area contributed by atoms with Gasteiger partial charge in [0.1, 0.15) is 0 Å². The first-order valence-corrected chi connectivity index (χ1v) is 18.6. The second-order valence-electron chi connectivity index (χ2n) is 12.8. The number of carbonyl (C=O) groups is 2. The molecule has 264 valence electrons. The molecule has 0 aromatic carbocycles. The second-order valence-corrected chi connectivity index (χ2v) is 12.8. The molecule has 0 aliphatic rings. The van der Waals surface area contributed by atoms with Gasteiger partial charge in [0.05, 0.1) is 19.8 Å². The zero-order valence-electron chi connectivity index (χ0n) is 29.1. The predicted molar refractivity (Wildman–Crippen MR) is 183 cm³/mol. The lowest BCUT2D eigenvalue weighted by molar-refractivity contribution is -0.165. The first kappa shape index (κ1) is 45.3. The summed E-state index contributed by atoms with van der Waals surface area (Å²) in [5.41, 5.74) is -2.37. The van der Waals surface area contributed by atoms with Gasteiger partial charge in [-0.05, 0) is 12.8 Å². The van der Waals surface area contributed by atoms with Crippen molar-refractivity contribution in [3.63, 3.8) is 0 Å². The van der Waals surface area contributed by atoms with Crippen LogP contribution in [0.3, 0.4) is 0 Å². The summed E-state index contributed by atoms with van der Waals surface area (Å²) in [6, 6.07) is 0. The molecule has 5 N–H and O–H groups in total. The van der Waals surface area contributed by atoms with Crippen molar-refractivity contribution >= 4 is 11.6 Å². The third kappa shape index (κ3) is 27.5. The van der Waals surface area contributed by atoms with Crippen LogP contribution in [0.4, 0.5) is 0 Å². The second kappa shape index (κ2) is 35.0. The van der Waals surface area contributed by atoms with Gasteiger partial charge in [-0.2, -0.15) is 0 Å². The van der Waals surface area contributed by atoms with Crippen molar-refractivity contribution < 1.29 is 35.1 Å². The minimum atomic E-state index is -2.37. The van der Waals surface area contributed by atoms with E-state index in [4.69, 9.17) is 10.2 Å². The molecule has 7 heteroatoms. The number of Topliss-reactive ketones (excluding diaryl/α,β-unsaturated/α-hetero) is 2. The molecule has 0 spiro atoms. The average molecular weight is 631 g/mol. The quantitative estimate of drug-likeness (QED) is 0.0462. The Morgan fingerprint density at radius 3 is 1.02 bits per heavy atom. The highest BCUT2D eigenvalue weighted by molar-refractivity contribution is 5.96. The number of hydrogen-bond donors (Lipinski definition) is 5. The van der Waals surface area contributed by atoms with Crippen molar-refractivity contribution in [3.8, 4) is 0 Å². The SMILES string of the molecule is CCCCCCCCCCCCCCCC(=O)C(O)C(O)(CO)C(=O)CCCCCCCCCCCCCCC.OCCO. The summed E-state index contributed by atoms with van der Waals surface area (Å²) in [6.45, 7) is 3.32. The largest absolute Gasteiger partial charge is 0.394 e. The molecule has 44 heavy (non-hydrogen) atoms. The smallest absolute Gasteiger partial charge is 0.178 e. The van der Waals surface area contributed by atoms with Gasteiger partial charge in [0, 0.05) is 12.8 Å². The van der Waals surface area contributed by atoms with Gasteiger partial charge in [-0.25, -0.2) is 0 Å². The highest BCUT2D eigenvalue weighted by atomic mass is 16.4. The first-order chi connectivity index (χ1) is 21.3. The molecular weight excluding hydrogens is 556 g/mol. The lowest BCUT2D eigenvalue weighted by atomic mass is 9.85. The minimum absolute atomic E-state index is 0.0813. The number of aliphatic hydroxyl groups is 5. The number of carbonyl (C=O) groups excluding carboxylic acids is 2. The van der Waals surface area contributed by atoms with Gasteiger partial charge >= 0.3 is 0 Å². The van der Waals surface area contributed by atoms with Crippen molar-refractivity contribution in [1.82, 2.24) is 0 Å². The Morgan fingerprint density at radius 2 is 0.750 bits per heavy atom.